The number of rotatable bonds is 7. The number of nitrogens with one attached hydrogen (secondary N) is 1. The molecule has 1 N–H and O–H groups in total. The highest BCUT2D eigenvalue weighted by atomic mass is 32.1. The Morgan fingerprint density at radius 2 is 2.08 bits per heavy atom. The van der Waals surface area contributed by atoms with Gasteiger partial charge in [-0.2, -0.15) is 0 Å². The van der Waals surface area contributed by atoms with Crippen LogP contribution in [0.5, 0.6) is 0 Å². The topological polar surface area (TPSA) is 57.2 Å². The van der Waals surface area contributed by atoms with E-state index in [-0.39, 0.29) is 12.1 Å². The number of carbonyl (C=O) groups excluding carboxylic acids is 1. The molecule has 148 valence electrons. The number of likely N-dealkylation sites (N-methyl/N-ethyl adjacent to an activating group) is 1. The molecule has 1 rings (SSSR count). The average Bonchev–Trinajstić information content (AvgIpc) is 3.07. The molecule has 0 saturated heterocycles. The highest BCUT2D eigenvalue weighted by Crippen LogP contribution is 2.12. The summed E-state index contributed by atoms with van der Waals surface area (Å²) in [5, 5.41) is 5.47. The van der Waals surface area contributed by atoms with Crippen LogP contribution in [0.25, 0.3) is 0 Å². The van der Waals surface area contributed by atoms with Crippen LogP contribution in [0.1, 0.15) is 39.0 Å². The monoisotopic (exact) mass is 382 g/mol. The fourth-order valence-electron chi connectivity index (χ4n) is 2.32. The molecular formula is C19H34N4O2S. The van der Waals surface area contributed by atoms with Crippen molar-refractivity contribution in [2.75, 3.05) is 34.2 Å². The van der Waals surface area contributed by atoms with Crippen LogP contribution >= 0.6 is 11.3 Å². The van der Waals surface area contributed by atoms with E-state index in [1.807, 2.05) is 34.7 Å². The quantitative estimate of drug-likeness (QED) is 0.580. The number of carbonyl (C=O) groups is 1. The Morgan fingerprint density at radius 3 is 2.62 bits per heavy atom. The van der Waals surface area contributed by atoms with Gasteiger partial charge in [0.15, 0.2) is 5.96 Å². The molecule has 0 spiro atoms. The molecule has 1 unspecified atom stereocenters. The van der Waals surface area contributed by atoms with Crippen LogP contribution in [0.3, 0.4) is 0 Å². The van der Waals surface area contributed by atoms with Crippen molar-refractivity contribution >= 4 is 23.4 Å². The lowest BCUT2D eigenvalue weighted by molar-refractivity contribution is 0.0230. The molecule has 1 aromatic rings. The third-order valence-electron chi connectivity index (χ3n) is 4.03. The van der Waals surface area contributed by atoms with Gasteiger partial charge < -0.3 is 19.9 Å². The molecule has 6 nitrogen and oxygen atoms in total. The van der Waals surface area contributed by atoms with E-state index in [1.165, 1.54) is 4.88 Å². The number of hydrogen-bond acceptors (Lipinski definition) is 4. The summed E-state index contributed by atoms with van der Waals surface area (Å²) in [6.07, 6.45) is 1.53. The number of nitrogens with zero attached hydrogens (tertiary/aromatic N) is 3. The second-order valence-electron chi connectivity index (χ2n) is 7.45. The molecule has 1 aromatic heterocycles. The lowest BCUT2D eigenvalue weighted by Gasteiger charge is -2.29. The van der Waals surface area contributed by atoms with Crippen molar-refractivity contribution in [3.05, 3.63) is 22.4 Å². The van der Waals surface area contributed by atoms with Crippen LogP contribution in [-0.4, -0.2) is 67.7 Å². The minimum absolute atomic E-state index is 0.0758. The van der Waals surface area contributed by atoms with Crippen LogP contribution in [0, 0.1) is 0 Å². The molecule has 0 aliphatic rings. The molecule has 1 heterocycles. The Kier molecular flexibility index (Phi) is 8.92. The Hall–Kier alpha value is -1.76. The predicted molar refractivity (Wildman–Crippen MR) is 110 cm³/mol. The van der Waals surface area contributed by atoms with Crippen molar-refractivity contribution in [3.8, 4) is 0 Å². The number of aliphatic imine (C=N–C) groups is 1. The van der Waals surface area contributed by atoms with Crippen LogP contribution < -0.4 is 5.32 Å². The van der Waals surface area contributed by atoms with Crippen molar-refractivity contribution in [2.24, 2.45) is 4.99 Å². The zero-order valence-electron chi connectivity index (χ0n) is 17.2. The van der Waals surface area contributed by atoms with E-state index in [2.05, 4.69) is 32.7 Å². The Balaban J connectivity index is 2.37. The third-order valence-corrected chi connectivity index (χ3v) is 4.97. The highest BCUT2D eigenvalue weighted by Gasteiger charge is 2.22. The Labute approximate surface area is 162 Å². The van der Waals surface area contributed by atoms with Crippen molar-refractivity contribution in [3.63, 3.8) is 0 Å². The van der Waals surface area contributed by atoms with Crippen molar-refractivity contribution in [1.29, 1.82) is 0 Å². The Morgan fingerprint density at radius 1 is 1.38 bits per heavy atom. The first-order valence-corrected chi connectivity index (χ1v) is 9.92. The second kappa shape index (κ2) is 10.4. The van der Waals surface area contributed by atoms with Gasteiger partial charge in [-0.15, -0.1) is 11.3 Å². The smallest absolute Gasteiger partial charge is 0.410 e. The normalized spacial score (nSPS) is 13.3. The average molecular weight is 383 g/mol. The zero-order chi connectivity index (χ0) is 19.7. The summed E-state index contributed by atoms with van der Waals surface area (Å²) >= 11 is 1.78. The summed E-state index contributed by atoms with van der Waals surface area (Å²) in [6.45, 7) is 9.30. The molecule has 0 aromatic carbocycles. The van der Waals surface area contributed by atoms with Crippen molar-refractivity contribution < 1.29 is 9.53 Å². The summed E-state index contributed by atoms with van der Waals surface area (Å²) in [5.41, 5.74) is -0.476. The molecular weight excluding hydrogens is 348 g/mol. The van der Waals surface area contributed by atoms with Gasteiger partial charge in [-0.3, -0.25) is 4.99 Å². The maximum atomic E-state index is 12.1. The van der Waals surface area contributed by atoms with Gasteiger partial charge in [0.25, 0.3) is 0 Å². The van der Waals surface area contributed by atoms with Crippen molar-refractivity contribution in [2.45, 2.75) is 52.2 Å². The molecule has 0 fully saturated rings. The molecule has 0 bridgehead atoms. The molecule has 0 saturated carbocycles. The number of amides is 1. The zero-order valence-corrected chi connectivity index (χ0v) is 18.0. The highest BCUT2D eigenvalue weighted by molar-refractivity contribution is 7.09. The van der Waals surface area contributed by atoms with E-state index in [9.17, 15) is 4.79 Å². The molecule has 1 atom stereocenters. The minimum Gasteiger partial charge on any atom is -0.444 e. The molecule has 0 aliphatic carbocycles. The van der Waals surface area contributed by atoms with Crippen LogP contribution in [0.4, 0.5) is 4.79 Å². The van der Waals surface area contributed by atoms with E-state index in [1.54, 1.807) is 30.3 Å². The van der Waals surface area contributed by atoms with Gasteiger partial charge in [0.2, 0.25) is 0 Å². The lowest BCUT2D eigenvalue weighted by atomic mass is 10.2. The predicted octanol–water partition coefficient (Wildman–Crippen LogP) is 3.44. The number of thiophene rings is 1. The fraction of sp³-hybridized carbons (Fsp3) is 0.684. The first-order valence-electron chi connectivity index (χ1n) is 9.04. The van der Waals surface area contributed by atoms with Gasteiger partial charge in [0.1, 0.15) is 5.60 Å². The number of ether oxygens (including phenoxy) is 1. The molecule has 1 amide bonds. The number of hydrogen-bond donors (Lipinski definition) is 1. The minimum atomic E-state index is -0.476. The Bertz CT molecular complexity index is 567. The lowest BCUT2D eigenvalue weighted by Crippen LogP contribution is -2.43. The second-order valence-corrected chi connectivity index (χ2v) is 8.49. The van der Waals surface area contributed by atoms with Crippen LogP contribution in [0.15, 0.2) is 22.5 Å². The SMILES string of the molecule is CN=C(NCCC(C)N(C)C(=O)OC(C)(C)C)N(C)CCc1cccs1. The third kappa shape index (κ3) is 8.08. The maximum Gasteiger partial charge on any atom is 0.410 e. The van der Waals surface area contributed by atoms with Crippen LogP contribution in [-0.2, 0) is 11.2 Å². The van der Waals surface area contributed by atoms with Crippen LogP contribution in [0.2, 0.25) is 0 Å². The van der Waals surface area contributed by atoms with E-state index < -0.39 is 5.60 Å². The largest absolute Gasteiger partial charge is 0.444 e. The standard InChI is InChI=1S/C19H34N4O2S/c1-15(23(7)18(24)25-19(2,3)4)10-12-21-17(20-5)22(6)13-11-16-9-8-14-26-16/h8-9,14-15H,10-13H2,1-7H3,(H,20,21). The van der Waals surface area contributed by atoms with Gasteiger partial charge in [-0.05, 0) is 52.0 Å². The first kappa shape index (κ1) is 22.3. The summed E-state index contributed by atoms with van der Waals surface area (Å²) in [6, 6.07) is 4.31. The van der Waals surface area contributed by atoms with E-state index >= 15 is 0 Å². The molecule has 7 heteroatoms. The summed E-state index contributed by atoms with van der Waals surface area (Å²) in [7, 11) is 5.61. The van der Waals surface area contributed by atoms with E-state index in [0.29, 0.717) is 0 Å². The molecule has 26 heavy (non-hydrogen) atoms. The summed E-state index contributed by atoms with van der Waals surface area (Å²) in [4.78, 5) is 21.6. The van der Waals surface area contributed by atoms with Gasteiger partial charge in [0.05, 0.1) is 0 Å². The van der Waals surface area contributed by atoms with Gasteiger partial charge in [-0.1, -0.05) is 6.07 Å². The fourth-order valence-corrected chi connectivity index (χ4v) is 3.02. The van der Waals surface area contributed by atoms with Gasteiger partial charge >= 0.3 is 6.09 Å². The van der Waals surface area contributed by atoms with Crippen molar-refractivity contribution in [1.82, 2.24) is 15.1 Å². The number of guanidine groups is 1. The van der Waals surface area contributed by atoms with Gasteiger partial charge in [0, 0.05) is 45.2 Å². The first-order chi connectivity index (χ1) is 12.1. The van der Waals surface area contributed by atoms with Gasteiger partial charge in [-0.25, -0.2) is 4.79 Å². The maximum absolute atomic E-state index is 12.1. The summed E-state index contributed by atoms with van der Waals surface area (Å²) < 4.78 is 5.41. The molecule has 0 aliphatic heterocycles. The van der Waals surface area contributed by atoms with E-state index in [4.69, 9.17) is 4.74 Å². The summed E-state index contributed by atoms with van der Waals surface area (Å²) in [5.74, 6) is 0.869. The molecule has 0 radical (unpaired) electrons. The van der Waals surface area contributed by atoms with E-state index in [0.717, 1.165) is 31.9 Å².